The standard InChI is InChI=1S/4CH2O2.Na/c4*2-1-3;/h4*1H,(H,2,3);/q;;;;+1. The topological polar surface area (TPSA) is 149 Å². The summed E-state index contributed by atoms with van der Waals surface area (Å²) in [4.78, 5) is 33.4. The normalized spacial score (nSPS) is 3.69. The summed E-state index contributed by atoms with van der Waals surface area (Å²) in [7, 11) is 0. The Labute approximate surface area is 95.1 Å². The molecule has 13 heavy (non-hydrogen) atoms. The molecule has 0 unspecified atom stereocenters. The number of rotatable bonds is 0. The molecule has 0 aromatic carbocycles. The van der Waals surface area contributed by atoms with Gasteiger partial charge in [-0.05, 0) is 0 Å². The Morgan fingerprint density at radius 1 is 0.538 bits per heavy atom. The Morgan fingerprint density at radius 2 is 0.538 bits per heavy atom. The summed E-state index contributed by atoms with van der Waals surface area (Å²) in [5.74, 6) is 0. The van der Waals surface area contributed by atoms with Gasteiger partial charge in [-0.3, -0.25) is 19.2 Å². The van der Waals surface area contributed by atoms with Gasteiger partial charge in [-0.2, -0.15) is 0 Å². The first-order chi connectivity index (χ1) is 5.66. The van der Waals surface area contributed by atoms with Crippen LogP contribution in [-0.4, -0.2) is 46.3 Å². The second-order valence-electron chi connectivity index (χ2n) is 0.422. The zero-order chi connectivity index (χ0) is 10.8. The third-order valence-corrected chi connectivity index (χ3v) is 0. The minimum atomic E-state index is -0.250. The zero-order valence-corrected chi connectivity index (χ0v) is 8.73. The summed E-state index contributed by atoms with van der Waals surface area (Å²) in [5.41, 5.74) is 0. The van der Waals surface area contributed by atoms with E-state index in [2.05, 4.69) is 0 Å². The van der Waals surface area contributed by atoms with Gasteiger partial charge in [-0.1, -0.05) is 0 Å². The maximum absolute atomic E-state index is 8.36. The second kappa shape index (κ2) is 128. The van der Waals surface area contributed by atoms with Crippen molar-refractivity contribution in [2.75, 3.05) is 0 Å². The number of hydrogen-bond acceptors (Lipinski definition) is 4. The first-order valence-corrected chi connectivity index (χ1v) is 1.98. The van der Waals surface area contributed by atoms with Gasteiger partial charge >= 0.3 is 29.6 Å². The van der Waals surface area contributed by atoms with Gasteiger partial charge in [0.25, 0.3) is 25.9 Å². The maximum Gasteiger partial charge on any atom is 1.00 e. The Hall–Kier alpha value is -1.12. The van der Waals surface area contributed by atoms with Crippen LogP contribution < -0.4 is 29.6 Å². The molecule has 0 radical (unpaired) electrons. The van der Waals surface area contributed by atoms with E-state index in [1.165, 1.54) is 0 Å². The van der Waals surface area contributed by atoms with E-state index in [4.69, 9.17) is 39.6 Å². The molecule has 0 amide bonds. The van der Waals surface area contributed by atoms with E-state index in [1.54, 1.807) is 0 Å². The van der Waals surface area contributed by atoms with E-state index in [-0.39, 0.29) is 55.4 Å². The van der Waals surface area contributed by atoms with Gasteiger partial charge in [0.1, 0.15) is 0 Å². The van der Waals surface area contributed by atoms with Crippen LogP contribution in [0.3, 0.4) is 0 Å². The Balaban J connectivity index is -0.0000000213. The van der Waals surface area contributed by atoms with E-state index in [1.807, 2.05) is 0 Å². The molecule has 0 aliphatic heterocycles. The second-order valence-corrected chi connectivity index (χ2v) is 0.422. The Bertz CT molecular complexity index is 70.1. The first-order valence-electron chi connectivity index (χ1n) is 1.98. The molecule has 0 aliphatic rings. The molecule has 72 valence electrons. The van der Waals surface area contributed by atoms with Gasteiger partial charge < -0.3 is 20.4 Å². The fraction of sp³-hybridized carbons (Fsp3) is 0. The van der Waals surface area contributed by atoms with Gasteiger partial charge in [-0.25, -0.2) is 0 Å². The first kappa shape index (κ1) is 29.7. The molecule has 0 bridgehead atoms. The van der Waals surface area contributed by atoms with Crippen molar-refractivity contribution in [3.05, 3.63) is 0 Å². The molecule has 0 heterocycles. The van der Waals surface area contributed by atoms with Crippen molar-refractivity contribution in [3.63, 3.8) is 0 Å². The van der Waals surface area contributed by atoms with Crippen LogP contribution in [-0.2, 0) is 19.2 Å². The molecule has 0 saturated heterocycles. The average molecular weight is 207 g/mol. The van der Waals surface area contributed by atoms with Gasteiger partial charge in [0.05, 0.1) is 0 Å². The molecule has 8 nitrogen and oxygen atoms in total. The average Bonchev–Trinajstić information content (AvgIpc) is 1.92. The molecule has 0 spiro atoms. The molecular formula is C4H8NaO8+. The van der Waals surface area contributed by atoms with Crippen LogP contribution in [0.5, 0.6) is 0 Å². The number of carbonyl (C=O) groups is 4. The van der Waals surface area contributed by atoms with E-state index >= 15 is 0 Å². The summed E-state index contributed by atoms with van der Waals surface area (Å²) >= 11 is 0. The summed E-state index contributed by atoms with van der Waals surface area (Å²) < 4.78 is 0. The maximum atomic E-state index is 8.36. The molecule has 0 saturated carbocycles. The van der Waals surface area contributed by atoms with Crippen molar-refractivity contribution in [1.29, 1.82) is 0 Å². The Kier molecular flexibility index (Phi) is 293. The minimum absolute atomic E-state index is 0. The third kappa shape index (κ3) is 684. The number of hydrogen-bond donors (Lipinski definition) is 4. The summed E-state index contributed by atoms with van der Waals surface area (Å²) in [5, 5.41) is 27.6. The summed E-state index contributed by atoms with van der Waals surface area (Å²) in [6.45, 7) is -1.00. The SMILES string of the molecule is O=CO.O=CO.O=CO.O=CO.[Na+]. The quantitative estimate of drug-likeness (QED) is 0.230. The Morgan fingerprint density at radius 3 is 0.538 bits per heavy atom. The smallest absolute Gasteiger partial charge is 0.483 e. The largest absolute Gasteiger partial charge is 1.00 e. The van der Waals surface area contributed by atoms with E-state index < -0.39 is 0 Å². The van der Waals surface area contributed by atoms with Gasteiger partial charge in [0, 0.05) is 0 Å². The van der Waals surface area contributed by atoms with E-state index in [0.717, 1.165) is 0 Å². The van der Waals surface area contributed by atoms with Crippen LogP contribution in [0.25, 0.3) is 0 Å². The minimum Gasteiger partial charge on any atom is -0.483 e. The van der Waals surface area contributed by atoms with Gasteiger partial charge in [0.2, 0.25) is 0 Å². The van der Waals surface area contributed by atoms with Crippen molar-refractivity contribution in [2.24, 2.45) is 0 Å². The van der Waals surface area contributed by atoms with Crippen molar-refractivity contribution in [3.8, 4) is 0 Å². The van der Waals surface area contributed by atoms with Gasteiger partial charge in [0.15, 0.2) is 0 Å². The van der Waals surface area contributed by atoms with Crippen molar-refractivity contribution in [1.82, 2.24) is 0 Å². The van der Waals surface area contributed by atoms with Gasteiger partial charge in [-0.15, -0.1) is 0 Å². The molecule has 9 heteroatoms. The van der Waals surface area contributed by atoms with Crippen LogP contribution in [0.1, 0.15) is 0 Å². The zero-order valence-electron chi connectivity index (χ0n) is 6.73. The predicted octanol–water partition coefficient (Wildman–Crippen LogP) is -4.19. The molecular weight excluding hydrogens is 199 g/mol. The number of carboxylic acid groups (broad SMARTS) is 4. The van der Waals surface area contributed by atoms with Crippen LogP contribution >= 0.6 is 0 Å². The van der Waals surface area contributed by atoms with Crippen LogP contribution in [0.15, 0.2) is 0 Å². The van der Waals surface area contributed by atoms with Crippen molar-refractivity contribution in [2.45, 2.75) is 0 Å². The van der Waals surface area contributed by atoms with Crippen LogP contribution in [0.4, 0.5) is 0 Å². The fourth-order valence-electron chi connectivity index (χ4n) is 0. The fourth-order valence-corrected chi connectivity index (χ4v) is 0. The molecule has 0 rings (SSSR count). The predicted molar refractivity (Wildman–Crippen MR) is 34.8 cm³/mol. The molecule has 0 fully saturated rings. The molecule has 0 atom stereocenters. The van der Waals surface area contributed by atoms with E-state index in [0.29, 0.717) is 0 Å². The van der Waals surface area contributed by atoms with E-state index in [9.17, 15) is 0 Å². The molecule has 0 aliphatic carbocycles. The van der Waals surface area contributed by atoms with Crippen molar-refractivity contribution >= 4 is 25.9 Å². The molecule has 0 aromatic heterocycles. The summed E-state index contributed by atoms with van der Waals surface area (Å²) in [6, 6.07) is 0. The summed E-state index contributed by atoms with van der Waals surface area (Å²) in [6.07, 6.45) is 0. The molecule has 0 aromatic rings. The molecule has 4 N–H and O–H groups in total. The van der Waals surface area contributed by atoms with Crippen LogP contribution in [0, 0.1) is 0 Å². The van der Waals surface area contributed by atoms with Crippen LogP contribution in [0.2, 0.25) is 0 Å². The van der Waals surface area contributed by atoms with Crippen molar-refractivity contribution < 1.29 is 69.2 Å². The third-order valence-electron chi connectivity index (χ3n) is 0. The monoisotopic (exact) mass is 207 g/mol.